The summed E-state index contributed by atoms with van der Waals surface area (Å²) in [5.74, 6) is 1.46. The zero-order valence-corrected chi connectivity index (χ0v) is 11.5. The maximum atomic E-state index is 5.84. The Kier molecular flexibility index (Phi) is 4.17. The Morgan fingerprint density at radius 3 is 2.14 bits per heavy atom. The number of rotatable bonds is 6. The van der Waals surface area contributed by atoms with Gasteiger partial charge < -0.3 is 14.5 Å². The average Bonchev–Trinajstić information content (AvgIpc) is 3.06. The molecule has 0 saturated carbocycles. The molecule has 0 radical (unpaired) electrons. The van der Waals surface area contributed by atoms with Crippen molar-refractivity contribution in [1.29, 1.82) is 0 Å². The van der Waals surface area contributed by atoms with E-state index in [1.807, 2.05) is 54.6 Å². The summed E-state index contributed by atoms with van der Waals surface area (Å²) >= 11 is 0. The number of hydrogen-bond donors (Lipinski definition) is 1. The van der Waals surface area contributed by atoms with Crippen LogP contribution in [0.5, 0.6) is 11.5 Å². The van der Waals surface area contributed by atoms with E-state index in [1.54, 1.807) is 12.5 Å². The molecule has 0 fully saturated rings. The number of para-hydroxylation sites is 2. The molecule has 0 unspecified atom stereocenters. The summed E-state index contributed by atoms with van der Waals surface area (Å²) in [7, 11) is 0. The Bertz CT molecular complexity index is 666. The topological polar surface area (TPSA) is 47.1 Å². The van der Waals surface area contributed by atoms with Crippen LogP contribution in [0.4, 0.5) is 0 Å². The molecule has 106 valence electrons. The maximum Gasteiger partial charge on any atom is 0.161 e. The lowest BCUT2D eigenvalue weighted by Gasteiger charge is -2.12. The highest BCUT2D eigenvalue weighted by molar-refractivity contribution is 5.39. The number of H-pyrrole nitrogens is 1. The predicted octanol–water partition coefficient (Wildman–Crippen LogP) is 3.57. The average molecular weight is 280 g/mol. The molecule has 0 saturated heterocycles. The van der Waals surface area contributed by atoms with Gasteiger partial charge in [-0.3, -0.25) is 0 Å². The predicted molar refractivity (Wildman–Crippen MR) is 80.1 cm³/mol. The smallest absolute Gasteiger partial charge is 0.161 e. The fourth-order valence-electron chi connectivity index (χ4n) is 1.94. The van der Waals surface area contributed by atoms with Crippen LogP contribution in [-0.2, 0) is 13.2 Å². The number of imidazole rings is 1. The van der Waals surface area contributed by atoms with Crippen LogP contribution in [-0.4, -0.2) is 9.97 Å². The van der Waals surface area contributed by atoms with Crippen molar-refractivity contribution in [3.8, 4) is 11.5 Å². The van der Waals surface area contributed by atoms with Crippen molar-refractivity contribution in [3.05, 3.63) is 78.4 Å². The van der Waals surface area contributed by atoms with Crippen molar-refractivity contribution >= 4 is 0 Å². The number of hydrogen-bond acceptors (Lipinski definition) is 3. The molecule has 3 rings (SSSR count). The largest absolute Gasteiger partial charge is 0.485 e. The van der Waals surface area contributed by atoms with Crippen LogP contribution in [0.15, 0.2) is 67.1 Å². The van der Waals surface area contributed by atoms with Gasteiger partial charge in [-0.15, -0.1) is 0 Å². The van der Waals surface area contributed by atoms with Crippen LogP contribution < -0.4 is 9.47 Å². The summed E-state index contributed by atoms with van der Waals surface area (Å²) in [5, 5.41) is 0. The molecule has 21 heavy (non-hydrogen) atoms. The molecular formula is C17H16N2O2. The Balaban J connectivity index is 1.64. The number of nitrogens with zero attached hydrogens (tertiary/aromatic N) is 1. The molecule has 0 aliphatic heterocycles. The van der Waals surface area contributed by atoms with Gasteiger partial charge in [-0.1, -0.05) is 42.5 Å². The normalized spacial score (nSPS) is 10.3. The van der Waals surface area contributed by atoms with Crippen LogP contribution in [0.2, 0.25) is 0 Å². The Hall–Kier alpha value is -2.75. The number of ether oxygens (including phenoxy) is 2. The van der Waals surface area contributed by atoms with Gasteiger partial charge in [0, 0.05) is 0 Å². The molecule has 0 spiro atoms. The van der Waals surface area contributed by atoms with Crippen molar-refractivity contribution in [2.24, 2.45) is 0 Å². The molecule has 2 aromatic carbocycles. The first-order valence-electron chi connectivity index (χ1n) is 6.77. The van der Waals surface area contributed by atoms with Gasteiger partial charge in [0.2, 0.25) is 0 Å². The van der Waals surface area contributed by atoms with E-state index in [0.717, 1.165) is 22.8 Å². The third kappa shape index (κ3) is 3.63. The first-order valence-corrected chi connectivity index (χ1v) is 6.77. The van der Waals surface area contributed by atoms with E-state index in [1.165, 1.54) is 0 Å². The third-order valence-electron chi connectivity index (χ3n) is 3.02. The van der Waals surface area contributed by atoms with Crippen LogP contribution in [0.3, 0.4) is 0 Å². The lowest BCUT2D eigenvalue weighted by molar-refractivity contribution is 0.254. The zero-order chi connectivity index (χ0) is 14.3. The fourth-order valence-corrected chi connectivity index (χ4v) is 1.94. The number of benzene rings is 2. The summed E-state index contributed by atoms with van der Waals surface area (Å²) in [6.45, 7) is 0.955. The van der Waals surface area contributed by atoms with Gasteiger partial charge in [0.15, 0.2) is 11.5 Å². The van der Waals surface area contributed by atoms with E-state index in [0.29, 0.717) is 13.2 Å². The standard InChI is InChI=1S/C17H16N2O2/c1-2-6-14(7-3-1)11-20-16-8-4-5-9-17(16)21-12-15-10-18-13-19-15/h1-10,13H,11-12H2,(H,18,19). The fraction of sp³-hybridized carbons (Fsp3) is 0.118. The van der Waals surface area contributed by atoms with Crippen molar-refractivity contribution in [3.63, 3.8) is 0 Å². The minimum Gasteiger partial charge on any atom is -0.485 e. The molecule has 4 nitrogen and oxygen atoms in total. The van der Waals surface area contributed by atoms with Gasteiger partial charge in [0.25, 0.3) is 0 Å². The first-order chi connectivity index (χ1) is 10.4. The highest BCUT2D eigenvalue weighted by Crippen LogP contribution is 2.27. The molecular weight excluding hydrogens is 264 g/mol. The summed E-state index contributed by atoms with van der Waals surface area (Å²) in [6.07, 6.45) is 3.38. The quantitative estimate of drug-likeness (QED) is 0.751. The van der Waals surface area contributed by atoms with Gasteiger partial charge in [0.05, 0.1) is 18.2 Å². The third-order valence-corrected chi connectivity index (χ3v) is 3.02. The SMILES string of the molecule is c1ccc(COc2ccccc2OCc2cnc[nH]2)cc1. The van der Waals surface area contributed by atoms with Crippen LogP contribution in [0.1, 0.15) is 11.3 Å². The minimum atomic E-state index is 0.436. The van der Waals surface area contributed by atoms with Gasteiger partial charge in [0.1, 0.15) is 13.2 Å². The molecule has 1 heterocycles. The van der Waals surface area contributed by atoms with Crippen LogP contribution in [0, 0.1) is 0 Å². The van der Waals surface area contributed by atoms with Crippen molar-refractivity contribution < 1.29 is 9.47 Å². The zero-order valence-electron chi connectivity index (χ0n) is 11.5. The van der Waals surface area contributed by atoms with E-state index in [-0.39, 0.29) is 0 Å². The van der Waals surface area contributed by atoms with E-state index in [9.17, 15) is 0 Å². The van der Waals surface area contributed by atoms with Gasteiger partial charge >= 0.3 is 0 Å². The van der Waals surface area contributed by atoms with Crippen LogP contribution >= 0.6 is 0 Å². The van der Waals surface area contributed by atoms with E-state index < -0.39 is 0 Å². The molecule has 0 bridgehead atoms. The summed E-state index contributed by atoms with van der Waals surface area (Å²) in [5.41, 5.74) is 2.05. The Morgan fingerprint density at radius 1 is 0.810 bits per heavy atom. The monoisotopic (exact) mass is 280 g/mol. The van der Waals surface area contributed by atoms with E-state index >= 15 is 0 Å². The number of aromatic amines is 1. The molecule has 0 aliphatic carbocycles. The molecule has 0 aliphatic rings. The summed E-state index contributed by atoms with van der Waals surface area (Å²) in [4.78, 5) is 6.97. The van der Waals surface area contributed by atoms with Crippen LogP contribution in [0.25, 0.3) is 0 Å². The lowest BCUT2D eigenvalue weighted by atomic mass is 10.2. The second kappa shape index (κ2) is 6.61. The first kappa shape index (κ1) is 13.2. The number of nitrogens with one attached hydrogen (secondary N) is 1. The highest BCUT2D eigenvalue weighted by atomic mass is 16.5. The van der Waals surface area contributed by atoms with Crippen molar-refractivity contribution in [1.82, 2.24) is 9.97 Å². The molecule has 0 atom stereocenters. The molecule has 1 N–H and O–H groups in total. The van der Waals surface area contributed by atoms with Crippen molar-refractivity contribution in [2.75, 3.05) is 0 Å². The summed E-state index contributed by atoms with van der Waals surface area (Å²) < 4.78 is 11.6. The molecule has 0 amide bonds. The summed E-state index contributed by atoms with van der Waals surface area (Å²) in [6, 6.07) is 17.7. The van der Waals surface area contributed by atoms with Crippen molar-refractivity contribution in [2.45, 2.75) is 13.2 Å². The molecule has 1 aromatic heterocycles. The Morgan fingerprint density at radius 2 is 1.48 bits per heavy atom. The van der Waals surface area contributed by atoms with Gasteiger partial charge in [-0.2, -0.15) is 0 Å². The second-order valence-corrected chi connectivity index (χ2v) is 4.59. The Labute approximate surface area is 123 Å². The van der Waals surface area contributed by atoms with Gasteiger partial charge in [-0.25, -0.2) is 4.98 Å². The minimum absolute atomic E-state index is 0.436. The van der Waals surface area contributed by atoms with Gasteiger partial charge in [-0.05, 0) is 17.7 Å². The maximum absolute atomic E-state index is 5.84. The second-order valence-electron chi connectivity index (χ2n) is 4.59. The van der Waals surface area contributed by atoms with E-state index in [4.69, 9.17) is 9.47 Å². The number of aromatic nitrogens is 2. The van der Waals surface area contributed by atoms with E-state index in [2.05, 4.69) is 9.97 Å². The highest BCUT2D eigenvalue weighted by Gasteiger charge is 2.05. The lowest BCUT2D eigenvalue weighted by Crippen LogP contribution is -2.00. The molecule has 4 heteroatoms. The molecule has 3 aromatic rings.